The Morgan fingerprint density at radius 3 is 2.68 bits per heavy atom. The van der Waals surface area contributed by atoms with Crippen LogP contribution in [0.25, 0.3) is 0 Å². The van der Waals surface area contributed by atoms with E-state index >= 15 is 0 Å². The van der Waals surface area contributed by atoms with E-state index in [-0.39, 0.29) is 17.4 Å². The Morgan fingerprint density at radius 1 is 1.53 bits per heavy atom. The molecule has 19 heavy (non-hydrogen) atoms. The van der Waals surface area contributed by atoms with Crippen molar-refractivity contribution in [3.8, 4) is 11.8 Å². The fourth-order valence-electron chi connectivity index (χ4n) is 1.48. The van der Waals surface area contributed by atoms with Crippen molar-refractivity contribution in [3.05, 3.63) is 22.7 Å². The van der Waals surface area contributed by atoms with Crippen LogP contribution in [0.3, 0.4) is 0 Å². The molecule has 5 nitrogen and oxygen atoms in total. The molecule has 1 atom stereocenters. The molecule has 104 valence electrons. The van der Waals surface area contributed by atoms with Gasteiger partial charge in [-0.1, -0.05) is 6.92 Å². The van der Waals surface area contributed by atoms with Crippen molar-refractivity contribution < 1.29 is 13.2 Å². The quantitative estimate of drug-likeness (QED) is 0.857. The number of rotatable bonds is 6. The number of halogens is 1. The van der Waals surface area contributed by atoms with Gasteiger partial charge in [0, 0.05) is 6.04 Å². The number of nitrogens with zero attached hydrogens (tertiary/aromatic N) is 1. The number of ether oxygens (including phenoxy) is 1. The molecule has 0 aliphatic rings. The molecule has 1 rings (SSSR count). The highest BCUT2D eigenvalue weighted by molar-refractivity contribution is 9.10. The van der Waals surface area contributed by atoms with Crippen LogP contribution >= 0.6 is 15.9 Å². The fourth-order valence-corrected chi connectivity index (χ4v) is 3.52. The molecule has 0 saturated carbocycles. The van der Waals surface area contributed by atoms with Gasteiger partial charge in [0.2, 0.25) is 10.0 Å². The molecular formula is C12H15BrN2O3S. The zero-order valence-electron chi connectivity index (χ0n) is 10.7. The topological polar surface area (TPSA) is 79.2 Å². The first-order valence-corrected chi connectivity index (χ1v) is 7.95. The Balaban J connectivity index is 3.01. The Hall–Kier alpha value is -1.10. The highest BCUT2D eigenvalue weighted by atomic mass is 79.9. The molecule has 7 heteroatoms. The third-order valence-electron chi connectivity index (χ3n) is 2.59. The molecule has 0 aromatic heterocycles. The summed E-state index contributed by atoms with van der Waals surface area (Å²) in [7, 11) is -2.12. The number of hydrogen-bond donors (Lipinski definition) is 1. The van der Waals surface area contributed by atoms with Crippen LogP contribution in [0.2, 0.25) is 0 Å². The molecule has 0 aliphatic heterocycles. The van der Waals surface area contributed by atoms with Crippen LogP contribution in [0.4, 0.5) is 0 Å². The van der Waals surface area contributed by atoms with E-state index < -0.39 is 10.0 Å². The predicted molar refractivity (Wildman–Crippen MR) is 75.3 cm³/mol. The van der Waals surface area contributed by atoms with Crippen LogP contribution in [-0.2, 0) is 10.0 Å². The van der Waals surface area contributed by atoms with E-state index in [2.05, 4.69) is 20.7 Å². The highest BCUT2D eigenvalue weighted by Gasteiger charge is 2.19. The van der Waals surface area contributed by atoms with E-state index in [9.17, 15) is 8.42 Å². The molecule has 1 N–H and O–H groups in total. The second-order valence-electron chi connectivity index (χ2n) is 3.89. The van der Waals surface area contributed by atoms with E-state index in [4.69, 9.17) is 10.00 Å². The summed E-state index contributed by atoms with van der Waals surface area (Å²) in [6.07, 6.45) is 0.706. The molecule has 0 spiro atoms. The Bertz CT molecular complexity index is 581. The maximum Gasteiger partial charge on any atom is 0.240 e. The molecule has 0 heterocycles. The van der Waals surface area contributed by atoms with E-state index in [0.29, 0.717) is 16.6 Å². The average Bonchev–Trinajstić information content (AvgIpc) is 2.37. The van der Waals surface area contributed by atoms with E-state index in [1.165, 1.54) is 19.2 Å². The Kier molecular flexibility index (Phi) is 5.79. The predicted octanol–water partition coefficient (Wildman–Crippen LogP) is 2.43. The number of sulfonamides is 1. The Labute approximate surface area is 121 Å². The van der Waals surface area contributed by atoms with Crippen molar-refractivity contribution in [1.82, 2.24) is 4.72 Å². The van der Waals surface area contributed by atoms with Gasteiger partial charge in [-0.2, -0.15) is 5.26 Å². The van der Waals surface area contributed by atoms with Crippen molar-refractivity contribution in [3.63, 3.8) is 0 Å². The zero-order valence-corrected chi connectivity index (χ0v) is 13.1. The highest BCUT2D eigenvalue weighted by Crippen LogP contribution is 2.27. The molecule has 0 bridgehead atoms. The van der Waals surface area contributed by atoms with Crippen LogP contribution in [-0.4, -0.2) is 21.6 Å². The first kappa shape index (κ1) is 16.0. The van der Waals surface area contributed by atoms with Crippen molar-refractivity contribution in [2.24, 2.45) is 0 Å². The van der Waals surface area contributed by atoms with E-state index in [1.807, 2.05) is 13.0 Å². The van der Waals surface area contributed by atoms with Gasteiger partial charge in [-0.05, 0) is 40.5 Å². The molecule has 1 unspecified atom stereocenters. The van der Waals surface area contributed by atoms with Crippen molar-refractivity contribution in [1.29, 1.82) is 5.26 Å². The molecule has 0 aliphatic carbocycles. The van der Waals surface area contributed by atoms with Crippen LogP contribution in [0.5, 0.6) is 5.75 Å². The molecule has 0 fully saturated rings. The monoisotopic (exact) mass is 346 g/mol. The van der Waals surface area contributed by atoms with Gasteiger partial charge in [0.15, 0.2) is 0 Å². The molecule has 0 amide bonds. The van der Waals surface area contributed by atoms with Gasteiger partial charge in [-0.25, -0.2) is 13.1 Å². The van der Waals surface area contributed by atoms with Gasteiger partial charge in [0.05, 0.1) is 29.0 Å². The molecule has 0 radical (unpaired) electrons. The zero-order chi connectivity index (χ0) is 14.5. The number of methoxy groups -OCH3 is 1. The van der Waals surface area contributed by atoms with Crippen LogP contribution in [0.1, 0.15) is 19.8 Å². The lowest BCUT2D eigenvalue weighted by Gasteiger charge is -2.14. The summed E-state index contributed by atoms with van der Waals surface area (Å²) in [4.78, 5) is 0.136. The van der Waals surface area contributed by atoms with E-state index in [1.54, 1.807) is 6.07 Å². The maximum absolute atomic E-state index is 12.1. The lowest BCUT2D eigenvalue weighted by molar-refractivity contribution is 0.411. The minimum atomic E-state index is -3.63. The second kappa shape index (κ2) is 6.89. The standard InChI is InChI=1S/C12H15BrN2O3S/c1-3-9(6-7-14)15-19(16,17)10-4-5-12(18-2)11(13)8-10/h4-5,8-9,15H,3,6H2,1-2H3. The van der Waals surface area contributed by atoms with Crippen LogP contribution < -0.4 is 9.46 Å². The fraction of sp³-hybridized carbons (Fsp3) is 0.417. The first-order chi connectivity index (χ1) is 8.94. The van der Waals surface area contributed by atoms with Gasteiger partial charge in [0.25, 0.3) is 0 Å². The molecule has 1 aromatic rings. The Morgan fingerprint density at radius 2 is 2.21 bits per heavy atom. The summed E-state index contributed by atoms with van der Waals surface area (Å²) in [5.74, 6) is 0.558. The maximum atomic E-state index is 12.1. The van der Waals surface area contributed by atoms with Crippen LogP contribution in [0, 0.1) is 11.3 Å². The van der Waals surface area contributed by atoms with Crippen LogP contribution in [0.15, 0.2) is 27.6 Å². The summed E-state index contributed by atoms with van der Waals surface area (Å²) in [5, 5.41) is 8.64. The average molecular weight is 347 g/mol. The summed E-state index contributed by atoms with van der Waals surface area (Å²) in [6, 6.07) is 6.10. The summed E-state index contributed by atoms with van der Waals surface area (Å²) in [5.41, 5.74) is 0. The summed E-state index contributed by atoms with van der Waals surface area (Å²) < 4.78 is 32.4. The second-order valence-corrected chi connectivity index (χ2v) is 6.45. The summed E-state index contributed by atoms with van der Waals surface area (Å²) >= 11 is 3.24. The molecule has 0 saturated heterocycles. The van der Waals surface area contributed by atoms with Gasteiger partial charge >= 0.3 is 0 Å². The lowest BCUT2D eigenvalue weighted by Crippen LogP contribution is -2.34. The minimum Gasteiger partial charge on any atom is -0.496 e. The number of nitrogens with one attached hydrogen (secondary N) is 1. The number of benzene rings is 1. The largest absolute Gasteiger partial charge is 0.496 e. The minimum absolute atomic E-state index is 0.136. The van der Waals surface area contributed by atoms with Gasteiger partial charge in [-0.15, -0.1) is 0 Å². The number of hydrogen-bond acceptors (Lipinski definition) is 4. The van der Waals surface area contributed by atoms with Crippen molar-refractivity contribution in [2.45, 2.75) is 30.7 Å². The molecule has 1 aromatic carbocycles. The van der Waals surface area contributed by atoms with E-state index in [0.717, 1.165) is 0 Å². The normalized spacial score (nSPS) is 12.7. The van der Waals surface area contributed by atoms with Crippen molar-refractivity contribution in [2.75, 3.05) is 7.11 Å². The van der Waals surface area contributed by atoms with Gasteiger partial charge in [-0.3, -0.25) is 0 Å². The van der Waals surface area contributed by atoms with Crippen molar-refractivity contribution >= 4 is 26.0 Å². The smallest absolute Gasteiger partial charge is 0.240 e. The third kappa shape index (κ3) is 4.20. The lowest BCUT2D eigenvalue weighted by atomic mass is 10.2. The SMILES string of the molecule is CCC(CC#N)NS(=O)(=O)c1ccc(OC)c(Br)c1. The first-order valence-electron chi connectivity index (χ1n) is 5.67. The third-order valence-corrected chi connectivity index (χ3v) is 4.72. The molecular weight excluding hydrogens is 332 g/mol. The summed E-state index contributed by atoms with van der Waals surface area (Å²) in [6.45, 7) is 1.83. The van der Waals surface area contributed by atoms with Gasteiger partial charge in [0.1, 0.15) is 5.75 Å². The van der Waals surface area contributed by atoms with Gasteiger partial charge < -0.3 is 4.74 Å². The number of nitriles is 1.